The van der Waals surface area contributed by atoms with Crippen LogP contribution in [0.2, 0.25) is 0 Å². The van der Waals surface area contributed by atoms with E-state index in [9.17, 15) is 32.8 Å². The zero-order valence-corrected chi connectivity index (χ0v) is 19.5. The second kappa shape index (κ2) is 12.4. The number of rotatable bonds is 11. The molecule has 0 aliphatic heterocycles. The van der Waals surface area contributed by atoms with E-state index in [2.05, 4.69) is 15.4 Å². The van der Waals surface area contributed by atoms with Crippen LogP contribution in [0.25, 0.3) is 11.1 Å². The lowest BCUT2D eigenvalue weighted by Gasteiger charge is -2.22. The molecule has 2 aromatic carbocycles. The standard InChI is InChI=1S/C25H28F3N3O5/c26-25(27,28)36-22-10-4-8-19(13-22)18-7-3-9-20(12-18)23(33)29-15-30-24(34)21(14-31(35)16-32)11-17-5-1-2-6-17/h3-4,7-10,12-13,16-17,21,35H,1-2,5-6,11,14-15H2,(H,29,33)(H,30,34)/t21-/m1/s1. The van der Waals surface area contributed by atoms with Gasteiger partial charge in [-0.15, -0.1) is 13.2 Å². The predicted octanol–water partition coefficient (Wildman–Crippen LogP) is 4.10. The van der Waals surface area contributed by atoms with E-state index in [1.165, 1.54) is 30.3 Å². The van der Waals surface area contributed by atoms with Crippen LogP contribution in [0.5, 0.6) is 5.75 Å². The summed E-state index contributed by atoms with van der Waals surface area (Å²) < 4.78 is 41.5. The highest BCUT2D eigenvalue weighted by molar-refractivity contribution is 5.95. The zero-order chi connectivity index (χ0) is 26.1. The van der Waals surface area contributed by atoms with E-state index in [0.29, 0.717) is 28.5 Å². The number of halogens is 3. The van der Waals surface area contributed by atoms with Gasteiger partial charge in [-0.3, -0.25) is 19.6 Å². The number of nitrogens with zero attached hydrogens (tertiary/aromatic N) is 1. The number of hydrogen-bond donors (Lipinski definition) is 3. The summed E-state index contributed by atoms with van der Waals surface area (Å²) in [5.41, 5.74) is 1.18. The summed E-state index contributed by atoms with van der Waals surface area (Å²) in [6, 6.07) is 11.7. The molecule has 0 saturated heterocycles. The Labute approximate surface area is 206 Å². The molecule has 0 unspecified atom stereocenters. The van der Waals surface area contributed by atoms with Crippen molar-refractivity contribution in [3.63, 3.8) is 0 Å². The second-order valence-electron chi connectivity index (χ2n) is 8.69. The summed E-state index contributed by atoms with van der Waals surface area (Å²) in [7, 11) is 0. The number of nitrogens with one attached hydrogen (secondary N) is 2. The van der Waals surface area contributed by atoms with Crippen LogP contribution in [0.3, 0.4) is 0 Å². The quantitative estimate of drug-likeness (QED) is 0.184. The number of benzene rings is 2. The molecular weight excluding hydrogens is 479 g/mol. The van der Waals surface area contributed by atoms with Crippen LogP contribution in [0, 0.1) is 11.8 Å². The van der Waals surface area contributed by atoms with Crippen LogP contribution in [0.4, 0.5) is 13.2 Å². The average molecular weight is 508 g/mol. The SMILES string of the molecule is O=CN(O)C[C@@H](CC1CCCC1)C(=O)NCNC(=O)c1cccc(-c2cccc(OC(F)(F)F)c2)c1. The van der Waals surface area contributed by atoms with Gasteiger partial charge >= 0.3 is 6.36 Å². The highest BCUT2D eigenvalue weighted by Gasteiger charge is 2.31. The van der Waals surface area contributed by atoms with Gasteiger partial charge in [-0.05, 0) is 47.7 Å². The first-order chi connectivity index (χ1) is 17.1. The van der Waals surface area contributed by atoms with E-state index in [1.807, 2.05) is 0 Å². The van der Waals surface area contributed by atoms with E-state index >= 15 is 0 Å². The molecule has 0 spiro atoms. The van der Waals surface area contributed by atoms with E-state index in [4.69, 9.17) is 0 Å². The molecule has 0 radical (unpaired) electrons. The Morgan fingerprint density at radius 3 is 2.42 bits per heavy atom. The summed E-state index contributed by atoms with van der Waals surface area (Å²) in [6.07, 6.45) is 0.125. The highest BCUT2D eigenvalue weighted by atomic mass is 19.4. The van der Waals surface area contributed by atoms with E-state index in [0.717, 1.165) is 25.7 Å². The molecule has 3 amide bonds. The summed E-state index contributed by atoms with van der Waals surface area (Å²) in [6.45, 7) is -0.316. The van der Waals surface area contributed by atoms with Crippen LogP contribution >= 0.6 is 0 Å². The molecule has 1 atom stereocenters. The van der Waals surface area contributed by atoms with E-state index in [-0.39, 0.29) is 30.9 Å². The predicted molar refractivity (Wildman–Crippen MR) is 124 cm³/mol. The largest absolute Gasteiger partial charge is 0.573 e. The third-order valence-corrected chi connectivity index (χ3v) is 6.03. The van der Waals surface area contributed by atoms with Gasteiger partial charge in [0.2, 0.25) is 12.3 Å². The molecule has 11 heteroatoms. The van der Waals surface area contributed by atoms with Crippen LogP contribution in [0.1, 0.15) is 42.5 Å². The van der Waals surface area contributed by atoms with Crippen molar-refractivity contribution in [2.45, 2.75) is 38.5 Å². The first kappa shape index (κ1) is 27.0. The van der Waals surface area contributed by atoms with Gasteiger partial charge in [0, 0.05) is 5.56 Å². The van der Waals surface area contributed by atoms with Gasteiger partial charge in [-0.25, -0.2) is 5.06 Å². The highest BCUT2D eigenvalue weighted by Crippen LogP contribution is 2.31. The zero-order valence-electron chi connectivity index (χ0n) is 19.5. The molecular formula is C25H28F3N3O5. The minimum Gasteiger partial charge on any atom is -0.406 e. The lowest BCUT2D eigenvalue weighted by molar-refractivity contribution is -0.274. The monoisotopic (exact) mass is 507 g/mol. The number of hydrogen-bond acceptors (Lipinski definition) is 5. The lowest BCUT2D eigenvalue weighted by atomic mass is 9.92. The van der Waals surface area contributed by atoms with E-state index < -0.39 is 24.1 Å². The molecule has 3 N–H and O–H groups in total. The Morgan fingerprint density at radius 1 is 1.08 bits per heavy atom. The third-order valence-electron chi connectivity index (χ3n) is 6.03. The van der Waals surface area contributed by atoms with Crippen LogP contribution in [-0.2, 0) is 9.59 Å². The lowest BCUT2D eigenvalue weighted by Crippen LogP contribution is -2.43. The van der Waals surface area contributed by atoms with Crippen molar-refractivity contribution in [1.82, 2.24) is 15.7 Å². The van der Waals surface area contributed by atoms with Crippen LogP contribution in [-0.4, -0.2) is 48.1 Å². The molecule has 1 saturated carbocycles. The minimum absolute atomic E-state index is 0.140. The normalized spacial score (nSPS) is 14.7. The van der Waals surface area contributed by atoms with Crippen molar-refractivity contribution < 1.29 is 37.5 Å². The minimum atomic E-state index is -4.82. The molecule has 1 fully saturated rings. The molecule has 8 nitrogen and oxygen atoms in total. The fourth-order valence-corrected chi connectivity index (χ4v) is 4.35. The average Bonchev–Trinajstić information content (AvgIpc) is 3.35. The maximum Gasteiger partial charge on any atom is 0.573 e. The Hall–Kier alpha value is -3.60. The van der Waals surface area contributed by atoms with Gasteiger partial charge < -0.3 is 15.4 Å². The summed E-state index contributed by atoms with van der Waals surface area (Å²) >= 11 is 0. The molecule has 2 aromatic rings. The molecule has 0 heterocycles. The van der Waals surface area contributed by atoms with E-state index in [1.54, 1.807) is 18.2 Å². The van der Waals surface area contributed by atoms with Gasteiger partial charge in [0.1, 0.15) is 5.75 Å². The Balaban J connectivity index is 1.58. The second-order valence-corrected chi connectivity index (χ2v) is 8.69. The van der Waals surface area contributed by atoms with Gasteiger partial charge in [-0.2, -0.15) is 0 Å². The number of carbonyl (C=O) groups excluding carboxylic acids is 3. The number of carbonyl (C=O) groups is 3. The smallest absolute Gasteiger partial charge is 0.406 e. The van der Waals surface area contributed by atoms with Gasteiger partial charge in [0.15, 0.2) is 0 Å². The van der Waals surface area contributed by atoms with Crippen molar-refractivity contribution in [2.24, 2.45) is 11.8 Å². The van der Waals surface area contributed by atoms with Gasteiger partial charge in [0.25, 0.3) is 5.91 Å². The molecule has 36 heavy (non-hydrogen) atoms. The molecule has 1 aliphatic carbocycles. The Morgan fingerprint density at radius 2 is 1.75 bits per heavy atom. The molecule has 0 bridgehead atoms. The molecule has 0 aromatic heterocycles. The summed E-state index contributed by atoms with van der Waals surface area (Å²) in [5.74, 6) is -1.53. The summed E-state index contributed by atoms with van der Waals surface area (Å²) in [5, 5.41) is 15.2. The third kappa shape index (κ3) is 8.26. The maximum atomic E-state index is 12.7. The Bertz CT molecular complexity index is 1060. The first-order valence-corrected chi connectivity index (χ1v) is 11.6. The summed E-state index contributed by atoms with van der Waals surface area (Å²) in [4.78, 5) is 36.1. The fraction of sp³-hybridized carbons (Fsp3) is 0.400. The number of ether oxygens (including phenoxy) is 1. The maximum absolute atomic E-state index is 12.7. The van der Waals surface area contributed by atoms with Crippen molar-refractivity contribution in [3.8, 4) is 16.9 Å². The molecule has 1 aliphatic rings. The van der Waals surface area contributed by atoms with Crippen LogP contribution in [0.15, 0.2) is 48.5 Å². The first-order valence-electron chi connectivity index (χ1n) is 11.6. The van der Waals surface area contributed by atoms with Gasteiger partial charge in [-0.1, -0.05) is 49.9 Å². The fourth-order valence-electron chi connectivity index (χ4n) is 4.35. The molecule has 194 valence electrons. The van der Waals surface area contributed by atoms with Crippen molar-refractivity contribution in [2.75, 3.05) is 13.2 Å². The van der Waals surface area contributed by atoms with Crippen LogP contribution < -0.4 is 15.4 Å². The van der Waals surface area contributed by atoms with Crippen molar-refractivity contribution in [1.29, 1.82) is 0 Å². The van der Waals surface area contributed by atoms with Crippen molar-refractivity contribution >= 4 is 18.2 Å². The number of amides is 3. The van der Waals surface area contributed by atoms with Crippen molar-refractivity contribution in [3.05, 3.63) is 54.1 Å². The number of alkyl halides is 3. The topological polar surface area (TPSA) is 108 Å². The Kier molecular flexibility index (Phi) is 9.29. The van der Waals surface area contributed by atoms with Gasteiger partial charge in [0.05, 0.1) is 19.1 Å². The molecule has 3 rings (SSSR count). The number of hydroxylamine groups is 2.